The number of hydrogen-bond donors (Lipinski definition) is 1. The number of nitrogens with one attached hydrogen (secondary N) is 1. The van der Waals surface area contributed by atoms with Gasteiger partial charge < -0.3 is 5.32 Å². The number of amides is 1. The van der Waals surface area contributed by atoms with E-state index in [-0.39, 0.29) is 18.0 Å². The van der Waals surface area contributed by atoms with Crippen molar-refractivity contribution >= 4 is 43.9 Å². The zero-order chi connectivity index (χ0) is 20.5. The van der Waals surface area contributed by atoms with Crippen molar-refractivity contribution in [3.63, 3.8) is 0 Å². The normalized spacial score (nSPS) is 11.1. The van der Waals surface area contributed by atoms with Crippen molar-refractivity contribution in [2.75, 3.05) is 5.32 Å². The number of carbonyl (C=O) groups excluding carboxylic acids is 1. The molecule has 4 aromatic rings. The lowest BCUT2D eigenvalue weighted by atomic mass is 10.1. The third kappa shape index (κ3) is 3.86. The van der Waals surface area contributed by atoms with Crippen LogP contribution in [0.15, 0.2) is 40.8 Å². The Morgan fingerprint density at radius 2 is 1.97 bits per heavy atom. The zero-order valence-corrected chi connectivity index (χ0v) is 18.0. The van der Waals surface area contributed by atoms with Gasteiger partial charge in [-0.2, -0.15) is 0 Å². The largest absolute Gasteiger partial charge is 0.300 e. The molecule has 8 heteroatoms. The summed E-state index contributed by atoms with van der Waals surface area (Å²) in [5.74, 6) is -0.305. The van der Waals surface area contributed by atoms with Crippen LogP contribution in [0.1, 0.15) is 22.9 Å². The molecule has 0 bridgehead atoms. The molecule has 0 fully saturated rings. The van der Waals surface area contributed by atoms with Gasteiger partial charge in [0, 0.05) is 15.8 Å². The third-order valence-electron chi connectivity index (χ3n) is 4.88. The van der Waals surface area contributed by atoms with Gasteiger partial charge in [-0.1, -0.05) is 31.2 Å². The summed E-state index contributed by atoms with van der Waals surface area (Å²) in [4.78, 5) is 35.8. The lowest BCUT2D eigenvalue weighted by Gasteiger charge is -2.05. The summed E-state index contributed by atoms with van der Waals surface area (Å²) in [6.07, 6.45) is 2.42. The number of thiazole rings is 1. The lowest BCUT2D eigenvalue weighted by Crippen LogP contribution is -2.27. The molecule has 0 saturated heterocycles. The second-order valence-electron chi connectivity index (χ2n) is 6.78. The van der Waals surface area contributed by atoms with E-state index in [0.29, 0.717) is 15.3 Å². The number of fused-ring (bicyclic) bond motifs is 1. The van der Waals surface area contributed by atoms with E-state index in [2.05, 4.69) is 34.3 Å². The molecule has 148 valence electrons. The first kappa shape index (κ1) is 19.5. The Labute approximate surface area is 175 Å². The van der Waals surface area contributed by atoms with Gasteiger partial charge >= 0.3 is 0 Å². The number of aryl methyl sites for hydroxylation is 3. The van der Waals surface area contributed by atoms with Crippen LogP contribution >= 0.6 is 22.7 Å². The number of aromatic nitrogens is 3. The maximum Gasteiger partial charge on any atom is 0.262 e. The number of thiophene rings is 1. The molecule has 0 spiro atoms. The minimum atomic E-state index is -0.305. The molecule has 1 N–H and O–H groups in total. The van der Waals surface area contributed by atoms with E-state index < -0.39 is 0 Å². The highest BCUT2D eigenvalue weighted by atomic mass is 32.1. The van der Waals surface area contributed by atoms with Crippen LogP contribution in [-0.4, -0.2) is 20.4 Å². The molecule has 0 aliphatic carbocycles. The summed E-state index contributed by atoms with van der Waals surface area (Å²) in [5, 5.41) is 5.79. The van der Waals surface area contributed by atoms with E-state index in [1.54, 1.807) is 0 Å². The Hall–Kier alpha value is -2.84. The van der Waals surface area contributed by atoms with Crippen LogP contribution in [0, 0.1) is 13.8 Å². The molecule has 3 aromatic heterocycles. The maximum absolute atomic E-state index is 12.7. The molecule has 0 unspecified atom stereocenters. The molecule has 6 nitrogen and oxygen atoms in total. The van der Waals surface area contributed by atoms with Crippen molar-refractivity contribution in [1.29, 1.82) is 0 Å². The molecule has 0 aliphatic rings. The van der Waals surface area contributed by atoms with E-state index in [9.17, 15) is 9.59 Å². The van der Waals surface area contributed by atoms with Gasteiger partial charge in [0.05, 0.1) is 17.4 Å². The first-order valence-corrected chi connectivity index (χ1v) is 11.0. The van der Waals surface area contributed by atoms with Crippen molar-refractivity contribution in [2.24, 2.45) is 0 Å². The van der Waals surface area contributed by atoms with Crippen molar-refractivity contribution in [2.45, 2.75) is 33.7 Å². The Morgan fingerprint density at radius 3 is 2.69 bits per heavy atom. The summed E-state index contributed by atoms with van der Waals surface area (Å²) in [6.45, 7) is 5.89. The van der Waals surface area contributed by atoms with Crippen LogP contribution in [0.3, 0.4) is 0 Å². The monoisotopic (exact) mass is 424 g/mol. The molecule has 29 heavy (non-hydrogen) atoms. The summed E-state index contributed by atoms with van der Waals surface area (Å²) in [6, 6.07) is 8.23. The first-order chi connectivity index (χ1) is 14.0. The van der Waals surface area contributed by atoms with Crippen LogP contribution < -0.4 is 10.9 Å². The van der Waals surface area contributed by atoms with Crippen molar-refractivity contribution < 1.29 is 4.79 Å². The van der Waals surface area contributed by atoms with Crippen LogP contribution in [-0.2, 0) is 17.8 Å². The molecule has 3 heterocycles. The predicted molar refractivity (Wildman–Crippen MR) is 119 cm³/mol. The Bertz CT molecular complexity index is 1250. The topological polar surface area (TPSA) is 76.9 Å². The fourth-order valence-corrected chi connectivity index (χ4v) is 4.79. The van der Waals surface area contributed by atoms with Crippen molar-refractivity contribution in [3.05, 3.63) is 62.3 Å². The van der Waals surface area contributed by atoms with Crippen molar-refractivity contribution in [3.8, 4) is 11.3 Å². The SMILES string of the molecule is CCc1ccc(-c2csc(NC(=O)Cn3cnc4sc(C)c(C)c4c3=O)n2)cc1. The van der Waals surface area contributed by atoms with Gasteiger partial charge in [-0.15, -0.1) is 22.7 Å². The Balaban J connectivity index is 1.50. The van der Waals surface area contributed by atoms with Crippen molar-refractivity contribution in [1.82, 2.24) is 14.5 Å². The number of nitrogens with zero attached hydrogens (tertiary/aromatic N) is 3. The molecule has 0 radical (unpaired) electrons. The molecule has 0 atom stereocenters. The van der Waals surface area contributed by atoms with Gasteiger partial charge in [-0.05, 0) is 31.4 Å². The summed E-state index contributed by atoms with van der Waals surface area (Å²) < 4.78 is 1.34. The molecular formula is C21H20N4O2S2. The molecular weight excluding hydrogens is 404 g/mol. The number of hydrogen-bond acceptors (Lipinski definition) is 6. The minimum Gasteiger partial charge on any atom is -0.300 e. The Kier molecular flexibility index (Phi) is 5.29. The molecule has 4 rings (SSSR count). The summed E-state index contributed by atoms with van der Waals surface area (Å²) in [5.41, 5.74) is 3.83. The van der Waals surface area contributed by atoms with Crippen LogP contribution in [0.2, 0.25) is 0 Å². The number of rotatable bonds is 5. The number of carbonyl (C=O) groups is 1. The second kappa shape index (κ2) is 7.88. The van der Waals surface area contributed by atoms with Gasteiger partial charge in [0.25, 0.3) is 5.56 Å². The standard InChI is InChI=1S/C21H20N4O2S2/c1-4-14-5-7-15(8-6-14)16-10-28-21(23-16)24-17(26)9-25-11-22-19-18(20(25)27)12(2)13(3)29-19/h5-8,10-11H,4,9H2,1-3H3,(H,23,24,26). The van der Waals surface area contributed by atoms with Gasteiger partial charge in [-0.3, -0.25) is 14.2 Å². The van der Waals surface area contributed by atoms with E-state index in [4.69, 9.17) is 0 Å². The van der Waals surface area contributed by atoms with Crippen LogP contribution in [0.25, 0.3) is 21.5 Å². The number of anilines is 1. The predicted octanol–water partition coefficient (Wildman–Crippen LogP) is 4.40. The van der Waals surface area contributed by atoms with E-state index in [1.165, 1.54) is 39.1 Å². The first-order valence-electron chi connectivity index (χ1n) is 9.26. The Morgan fingerprint density at radius 1 is 1.21 bits per heavy atom. The molecule has 0 aliphatic heterocycles. The lowest BCUT2D eigenvalue weighted by molar-refractivity contribution is -0.116. The van der Waals surface area contributed by atoms with E-state index in [1.807, 2.05) is 31.4 Å². The zero-order valence-electron chi connectivity index (χ0n) is 16.4. The van der Waals surface area contributed by atoms with E-state index >= 15 is 0 Å². The second-order valence-corrected chi connectivity index (χ2v) is 8.84. The maximum atomic E-state index is 12.7. The van der Waals surface area contributed by atoms with Gasteiger partial charge in [0.2, 0.25) is 5.91 Å². The van der Waals surface area contributed by atoms with Crippen LogP contribution in [0.4, 0.5) is 5.13 Å². The molecule has 0 saturated carbocycles. The van der Waals surface area contributed by atoms with Gasteiger partial charge in [-0.25, -0.2) is 9.97 Å². The van der Waals surface area contributed by atoms with Crippen LogP contribution in [0.5, 0.6) is 0 Å². The number of benzene rings is 1. The quantitative estimate of drug-likeness (QED) is 0.515. The highest BCUT2D eigenvalue weighted by Gasteiger charge is 2.14. The summed E-state index contributed by atoms with van der Waals surface area (Å²) in [7, 11) is 0. The highest BCUT2D eigenvalue weighted by molar-refractivity contribution is 7.18. The van der Waals surface area contributed by atoms with Gasteiger partial charge in [0.15, 0.2) is 5.13 Å². The minimum absolute atomic E-state index is 0.101. The average Bonchev–Trinajstić information content (AvgIpc) is 3.29. The molecule has 1 aromatic carbocycles. The van der Waals surface area contributed by atoms with Gasteiger partial charge in [0.1, 0.15) is 11.4 Å². The third-order valence-corrected chi connectivity index (χ3v) is 6.75. The fourth-order valence-electron chi connectivity index (χ4n) is 3.07. The smallest absolute Gasteiger partial charge is 0.262 e. The summed E-state index contributed by atoms with van der Waals surface area (Å²) >= 11 is 2.85. The highest BCUT2D eigenvalue weighted by Crippen LogP contribution is 2.26. The fraction of sp³-hybridized carbons (Fsp3) is 0.238. The average molecular weight is 425 g/mol. The van der Waals surface area contributed by atoms with E-state index in [0.717, 1.165) is 28.1 Å². The molecule has 1 amide bonds.